The van der Waals surface area contributed by atoms with Crippen molar-refractivity contribution in [3.05, 3.63) is 29.8 Å². The highest BCUT2D eigenvalue weighted by molar-refractivity contribution is 5.37. The highest BCUT2D eigenvalue weighted by Crippen LogP contribution is 2.40. The smallest absolute Gasteiger partial charge is 0.122 e. The first-order valence-electron chi connectivity index (χ1n) is 7.68. The number of hydrogen-bond donors (Lipinski definition) is 1. The largest absolute Gasteiger partial charge is 0.496 e. The molecule has 0 amide bonds. The molecule has 0 heterocycles. The van der Waals surface area contributed by atoms with E-state index in [1.807, 2.05) is 6.07 Å². The molecule has 1 fully saturated rings. The normalized spacial score (nSPS) is 21.8. The van der Waals surface area contributed by atoms with E-state index in [0.717, 1.165) is 25.3 Å². The Balaban J connectivity index is 1.65. The predicted molar refractivity (Wildman–Crippen MR) is 82.5 cm³/mol. The Kier molecular flexibility index (Phi) is 5.86. The van der Waals surface area contributed by atoms with Crippen LogP contribution >= 0.6 is 0 Å². The van der Waals surface area contributed by atoms with Crippen LogP contribution in [0.15, 0.2) is 24.3 Å². The third kappa shape index (κ3) is 4.22. The Bertz CT molecular complexity index is 400. The minimum absolute atomic E-state index is 0.341. The van der Waals surface area contributed by atoms with Gasteiger partial charge in [0.1, 0.15) is 5.75 Å². The highest BCUT2D eigenvalue weighted by atomic mass is 16.5. The molecule has 1 aromatic rings. The number of methoxy groups -OCH3 is 1. The molecule has 0 aromatic heterocycles. The number of para-hydroxylation sites is 1. The lowest BCUT2D eigenvalue weighted by Gasteiger charge is -2.37. The standard InChI is InChI=1S/C17H27NO2/c1-13(2)20-10-6-9-18-15-11-14(12-15)16-7-4-5-8-17(16)19-3/h4-5,7-8,13-15,18H,6,9-12H2,1-3H3. The van der Waals surface area contributed by atoms with Gasteiger partial charge in [0.05, 0.1) is 13.2 Å². The Morgan fingerprint density at radius 1 is 1.25 bits per heavy atom. The second-order valence-corrected chi connectivity index (χ2v) is 5.83. The molecule has 0 aliphatic heterocycles. The molecule has 1 aromatic carbocycles. The van der Waals surface area contributed by atoms with E-state index < -0.39 is 0 Å². The van der Waals surface area contributed by atoms with Gasteiger partial charge in [0.2, 0.25) is 0 Å². The van der Waals surface area contributed by atoms with E-state index in [0.29, 0.717) is 18.1 Å². The van der Waals surface area contributed by atoms with E-state index in [-0.39, 0.29) is 0 Å². The third-order valence-corrected chi connectivity index (χ3v) is 3.92. The molecule has 0 radical (unpaired) electrons. The van der Waals surface area contributed by atoms with Crippen molar-refractivity contribution in [3.63, 3.8) is 0 Å². The molecule has 0 bridgehead atoms. The SMILES string of the molecule is COc1ccccc1C1CC(NCCCOC(C)C)C1. The molecule has 0 spiro atoms. The molecule has 3 nitrogen and oxygen atoms in total. The molecule has 3 heteroatoms. The van der Waals surface area contributed by atoms with Crippen molar-refractivity contribution in [2.24, 2.45) is 0 Å². The minimum Gasteiger partial charge on any atom is -0.496 e. The summed E-state index contributed by atoms with van der Waals surface area (Å²) in [6.07, 6.45) is 3.86. The van der Waals surface area contributed by atoms with Crippen LogP contribution in [0.25, 0.3) is 0 Å². The van der Waals surface area contributed by atoms with Gasteiger partial charge in [0.25, 0.3) is 0 Å². The van der Waals surface area contributed by atoms with Crippen LogP contribution in [0.3, 0.4) is 0 Å². The van der Waals surface area contributed by atoms with Gasteiger partial charge < -0.3 is 14.8 Å². The van der Waals surface area contributed by atoms with Crippen molar-refractivity contribution < 1.29 is 9.47 Å². The van der Waals surface area contributed by atoms with Crippen LogP contribution < -0.4 is 10.1 Å². The zero-order valence-corrected chi connectivity index (χ0v) is 12.9. The molecule has 1 N–H and O–H groups in total. The van der Waals surface area contributed by atoms with Crippen molar-refractivity contribution in [2.75, 3.05) is 20.3 Å². The molecule has 112 valence electrons. The van der Waals surface area contributed by atoms with Gasteiger partial charge >= 0.3 is 0 Å². The molecular weight excluding hydrogens is 250 g/mol. The molecule has 0 unspecified atom stereocenters. The number of benzene rings is 1. The zero-order valence-electron chi connectivity index (χ0n) is 12.9. The second kappa shape index (κ2) is 7.65. The Hall–Kier alpha value is -1.06. The predicted octanol–water partition coefficient (Wildman–Crippen LogP) is 3.35. The van der Waals surface area contributed by atoms with Crippen LogP contribution in [0.4, 0.5) is 0 Å². The Labute approximate surface area is 122 Å². The molecular formula is C17H27NO2. The van der Waals surface area contributed by atoms with Crippen LogP contribution in [-0.4, -0.2) is 32.4 Å². The second-order valence-electron chi connectivity index (χ2n) is 5.83. The lowest BCUT2D eigenvalue weighted by atomic mass is 9.75. The van der Waals surface area contributed by atoms with Crippen LogP contribution in [0.5, 0.6) is 5.75 Å². The maximum Gasteiger partial charge on any atom is 0.122 e. The maximum absolute atomic E-state index is 5.54. The number of rotatable bonds is 8. The van der Waals surface area contributed by atoms with Crippen LogP contribution in [0.1, 0.15) is 44.6 Å². The fourth-order valence-electron chi connectivity index (χ4n) is 2.74. The fourth-order valence-corrected chi connectivity index (χ4v) is 2.74. The maximum atomic E-state index is 5.54. The summed E-state index contributed by atoms with van der Waals surface area (Å²) in [6.45, 7) is 6.07. The lowest BCUT2D eigenvalue weighted by molar-refractivity contribution is 0.0760. The van der Waals surface area contributed by atoms with Gasteiger partial charge in [-0.15, -0.1) is 0 Å². The fraction of sp³-hybridized carbons (Fsp3) is 0.647. The Morgan fingerprint density at radius 3 is 2.70 bits per heavy atom. The summed E-state index contributed by atoms with van der Waals surface area (Å²) >= 11 is 0. The summed E-state index contributed by atoms with van der Waals surface area (Å²) in [5.74, 6) is 1.68. The van der Waals surface area contributed by atoms with Crippen LogP contribution in [0.2, 0.25) is 0 Å². The monoisotopic (exact) mass is 277 g/mol. The van der Waals surface area contributed by atoms with Gasteiger partial charge in [-0.1, -0.05) is 18.2 Å². The average Bonchev–Trinajstić information content (AvgIpc) is 2.40. The first-order chi connectivity index (χ1) is 9.70. The minimum atomic E-state index is 0.341. The average molecular weight is 277 g/mol. The first-order valence-corrected chi connectivity index (χ1v) is 7.68. The van der Waals surface area contributed by atoms with Crippen molar-refractivity contribution in [2.45, 2.75) is 51.2 Å². The lowest BCUT2D eigenvalue weighted by Crippen LogP contribution is -2.40. The molecule has 1 saturated carbocycles. The third-order valence-electron chi connectivity index (χ3n) is 3.92. The van der Waals surface area contributed by atoms with E-state index in [1.165, 1.54) is 18.4 Å². The van der Waals surface area contributed by atoms with E-state index in [1.54, 1.807) is 7.11 Å². The molecule has 20 heavy (non-hydrogen) atoms. The molecule has 1 aliphatic rings. The summed E-state index contributed by atoms with van der Waals surface area (Å²) < 4.78 is 11.0. The van der Waals surface area contributed by atoms with Crippen molar-refractivity contribution in [3.8, 4) is 5.75 Å². The van der Waals surface area contributed by atoms with E-state index >= 15 is 0 Å². The van der Waals surface area contributed by atoms with Crippen molar-refractivity contribution >= 4 is 0 Å². The summed E-state index contributed by atoms with van der Waals surface area (Å²) in [5, 5.41) is 3.61. The summed E-state index contributed by atoms with van der Waals surface area (Å²) in [4.78, 5) is 0. The van der Waals surface area contributed by atoms with Gasteiger partial charge in [0, 0.05) is 12.6 Å². The Morgan fingerprint density at radius 2 is 2.00 bits per heavy atom. The topological polar surface area (TPSA) is 30.5 Å². The first kappa shape index (κ1) is 15.3. The number of ether oxygens (including phenoxy) is 2. The van der Waals surface area contributed by atoms with Crippen molar-refractivity contribution in [1.29, 1.82) is 0 Å². The van der Waals surface area contributed by atoms with E-state index in [4.69, 9.17) is 9.47 Å². The van der Waals surface area contributed by atoms with E-state index in [2.05, 4.69) is 37.4 Å². The summed E-state index contributed by atoms with van der Waals surface area (Å²) in [5.41, 5.74) is 1.36. The van der Waals surface area contributed by atoms with Gasteiger partial charge in [-0.25, -0.2) is 0 Å². The van der Waals surface area contributed by atoms with Gasteiger partial charge in [-0.2, -0.15) is 0 Å². The molecule has 2 rings (SSSR count). The zero-order chi connectivity index (χ0) is 14.4. The van der Waals surface area contributed by atoms with Gasteiger partial charge in [-0.05, 0) is 57.2 Å². The van der Waals surface area contributed by atoms with Crippen LogP contribution in [-0.2, 0) is 4.74 Å². The van der Waals surface area contributed by atoms with E-state index in [9.17, 15) is 0 Å². The van der Waals surface area contributed by atoms with Gasteiger partial charge in [0.15, 0.2) is 0 Å². The van der Waals surface area contributed by atoms with Gasteiger partial charge in [-0.3, -0.25) is 0 Å². The summed E-state index contributed by atoms with van der Waals surface area (Å²) in [6, 6.07) is 9.03. The molecule has 0 atom stereocenters. The number of hydrogen-bond acceptors (Lipinski definition) is 3. The number of nitrogens with one attached hydrogen (secondary N) is 1. The molecule has 0 saturated heterocycles. The highest BCUT2D eigenvalue weighted by Gasteiger charge is 2.31. The van der Waals surface area contributed by atoms with Crippen molar-refractivity contribution in [1.82, 2.24) is 5.32 Å². The summed E-state index contributed by atoms with van der Waals surface area (Å²) in [7, 11) is 1.75. The van der Waals surface area contributed by atoms with Crippen LogP contribution in [0, 0.1) is 0 Å². The molecule has 1 aliphatic carbocycles. The quantitative estimate of drug-likeness (QED) is 0.739.